The van der Waals surface area contributed by atoms with Gasteiger partial charge >= 0.3 is 0 Å². The highest BCUT2D eigenvalue weighted by Crippen LogP contribution is 1.94. The van der Waals surface area contributed by atoms with Crippen molar-refractivity contribution in [3.63, 3.8) is 0 Å². The number of oxime groups is 1. The quantitative estimate of drug-likeness (QED) is 0.281. The average molecular weight is 250 g/mol. The normalized spacial score (nSPS) is 10.2. The van der Waals surface area contributed by atoms with E-state index in [0.717, 1.165) is 6.21 Å². The summed E-state index contributed by atoms with van der Waals surface area (Å²) in [5.41, 5.74) is 0.494. The van der Waals surface area contributed by atoms with E-state index in [2.05, 4.69) is 20.8 Å². The lowest BCUT2D eigenvalue weighted by atomic mass is 10.2. The molecule has 0 radical (unpaired) electrons. The van der Waals surface area contributed by atoms with Gasteiger partial charge in [-0.2, -0.15) is 0 Å². The van der Waals surface area contributed by atoms with Crippen molar-refractivity contribution in [2.24, 2.45) is 5.16 Å². The number of carbonyl (C=O) groups is 2. The van der Waals surface area contributed by atoms with Crippen LogP contribution in [0.2, 0.25) is 0 Å². The number of carbonyl (C=O) groups excluding carboxylic acids is 2. The Morgan fingerprint density at radius 2 is 2.17 bits per heavy atom. The molecule has 18 heavy (non-hydrogen) atoms. The van der Waals surface area contributed by atoms with Crippen LogP contribution >= 0.6 is 0 Å². The van der Waals surface area contributed by atoms with Gasteiger partial charge in [0.25, 0.3) is 11.8 Å². The summed E-state index contributed by atoms with van der Waals surface area (Å²) in [7, 11) is 0. The third kappa shape index (κ3) is 5.06. The molecule has 0 aliphatic rings. The molecule has 0 atom stereocenters. The largest absolute Gasteiger partial charge is 0.411 e. The number of nitrogens with one attached hydrogen (secondary N) is 2. The molecule has 0 fully saturated rings. The first-order chi connectivity index (χ1) is 8.74. The van der Waals surface area contributed by atoms with Crippen LogP contribution in [0.4, 0.5) is 0 Å². The van der Waals surface area contributed by atoms with Gasteiger partial charge in [0.1, 0.15) is 6.21 Å². The highest BCUT2D eigenvalue weighted by molar-refractivity contribution is 6.25. The Kier molecular flexibility index (Phi) is 5.88. The molecule has 0 saturated carbocycles. The molecule has 3 N–H and O–H groups in total. The fourth-order valence-corrected chi connectivity index (χ4v) is 1.20. The summed E-state index contributed by atoms with van der Waals surface area (Å²) in [5.74, 6) is -0.678. The number of pyridine rings is 1. The Labute approximate surface area is 104 Å². The topological polar surface area (TPSA) is 104 Å². The van der Waals surface area contributed by atoms with Crippen LogP contribution < -0.4 is 10.6 Å². The molecule has 0 saturated heterocycles. The molecule has 96 valence electrons. The van der Waals surface area contributed by atoms with E-state index in [1.807, 2.05) is 0 Å². The molecular formula is C11H14N4O3. The molecule has 1 heterocycles. The number of amides is 2. The van der Waals surface area contributed by atoms with E-state index in [1.54, 1.807) is 18.3 Å². The Hall–Kier alpha value is -2.44. The van der Waals surface area contributed by atoms with Gasteiger partial charge in [-0.25, -0.2) is 0 Å². The van der Waals surface area contributed by atoms with E-state index in [-0.39, 0.29) is 5.91 Å². The first kappa shape index (κ1) is 13.6. The Balaban J connectivity index is 2.15. The highest BCUT2D eigenvalue weighted by atomic mass is 16.4. The van der Waals surface area contributed by atoms with Crippen molar-refractivity contribution in [3.05, 3.63) is 30.1 Å². The van der Waals surface area contributed by atoms with Crippen LogP contribution in [0.3, 0.4) is 0 Å². The van der Waals surface area contributed by atoms with Crippen molar-refractivity contribution < 1.29 is 14.8 Å². The number of hydrogen-bond donors (Lipinski definition) is 3. The van der Waals surface area contributed by atoms with Crippen LogP contribution in [0, 0.1) is 0 Å². The van der Waals surface area contributed by atoms with Gasteiger partial charge in [-0.1, -0.05) is 5.16 Å². The smallest absolute Gasteiger partial charge is 0.265 e. The second kappa shape index (κ2) is 7.77. The summed E-state index contributed by atoms with van der Waals surface area (Å²) in [6, 6.07) is 3.35. The van der Waals surface area contributed by atoms with Gasteiger partial charge in [0.15, 0.2) is 0 Å². The zero-order chi connectivity index (χ0) is 13.2. The van der Waals surface area contributed by atoms with Gasteiger partial charge in [0.05, 0.1) is 5.56 Å². The lowest BCUT2D eigenvalue weighted by Crippen LogP contribution is -2.30. The second-order valence-corrected chi connectivity index (χ2v) is 3.39. The monoisotopic (exact) mass is 250 g/mol. The maximum absolute atomic E-state index is 11.6. The molecule has 1 aromatic rings. The molecule has 0 unspecified atom stereocenters. The van der Waals surface area contributed by atoms with Crippen molar-refractivity contribution in [1.29, 1.82) is 0 Å². The molecule has 1 aromatic heterocycles. The van der Waals surface area contributed by atoms with E-state index in [0.29, 0.717) is 25.1 Å². The predicted octanol–water partition coefficient (Wildman–Crippen LogP) is -0.222. The van der Waals surface area contributed by atoms with Gasteiger partial charge in [-0.3, -0.25) is 14.6 Å². The van der Waals surface area contributed by atoms with Crippen molar-refractivity contribution in [2.75, 3.05) is 13.1 Å². The Morgan fingerprint density at radius 1 is 1.39 bits per heavy atom. The zero-order valence-electron chi connectivity index (χ0n) is 9.67. The van der Waals surface area contributed by atoms with E-state index in [9.17, 15) is 9.59 Å². The SMILES string of the molecule is O=C(/C=N/O)NCCCNC(=O)c1cccnc1. The van der Waals surface area contributed by atoms with E-state index < -0.39 is 5.91 Å². The van der Waals surface area contributed by atoms with E-state index in [1.165, 1.54) is 6.20 Å². The number of nitrogens with zero attached hydrogens (tertiary/aromatic N) is 2. The highest BCUT2D eigenvalue weighted by Gasteiger charge is 2.03. The molecule has 0 bridgehead atoms. The molecule has 0 spiro atoms. The minimum Gasteiger partial charge on any atom is -0.411 e. The fraction of sp³-hybridized carbons (Fsp3) is 0.273. The minimum absolute atomic E-state index is 0.202. The molecule has 7 nitrogen and oxygen atoms in total. The zero-order valence-corrected chi connectivity index (χ0v) is 9.67. The van der Waals surface area contributed by atoms with Crippen LogP contribution in [-0.4, -0.2) is 41.3 Å². The predicted molar refractivity (Wildman–Crippen MR) is 64.5 cm³/mol. The third-order valence-corrected chi connectivity index (χ3v) is 2.04. The van der Waals surface area contributed by atoms with Crippen LogP contribution in [0.1, 0.15) is 16.8 Å². The van der Waals surface area contributed by atoms with Gasteiger partial charge in [0, 0.05) is 25.5 Å². The summed E-state index contributed by atoms with van der Waals surface area (Å²) < 4.78 is 0. The van der Waals surface area contributed by atoms with Crippen LogP contribution in [0.25, 0.3) is 0 Å². The maximum atomic E-state index is 11.6. The number of rotatable bonds is 6. The minimum atomic E-state index is -0.476. The number of aromatic nitrogens is 1. The molecule has 1 rings (SSSR count). The van der Waals surface area contributed by atoms with Crippen LogP contribution in [-0.2, 0) is 4.79 Å². The molecular weight excluding hydrogens is 236 g/mol. The van der Waals surface area contributed by atoms with Gasteiger partial charge in [0.2, 0.25) is 0 Å². The van der Waals surface area contributed by atoms with Crippen molar-refractivity contribution in [3.8, 4) is 0 Å². The maximum Gasteiger partial charge on any atom is 0.265 e. The average Bonchev–Trinajstić information content (AvgIpc) is 2.39. The molecule has 7 heteroatoms. The van der Waals surface area contributed by atoms with Gasteiger partial charge in [-0.15, -0.1) is 0 Å². The Bertz CT molecular complexity index is 420. The summed E-state index contributed by atoms with van der Waals surface area (Å²) in [5, 5.41) is 15.8. The van der Waals surface area contributed by atoms with E-state index >= 15 is 0 Å². The molecule has 0 aliphatic carbocycles. The van der Waals surface area contributed by atoms with Crippen molar-refractivity contribution >= 4 is 18.0 Å². The van der Waals surface area contributed by atoms with Crippen molar-refractivity contribution in [2.45, 2.75) is 6.42 Å². The lowest BCUT2D eigenvalue weighted by molar-refractivity contribution is -0.114. The number of hydrogen-bond acceptors (Lipinski definition) is 5. The molecule has 0 aromatic carbocycles. The second-order valence-electron chi connectivity index (χ2n) is 3.39. The summed E-state index contributed by atoms with van der Waals surface area (Å²) in [6.45, 7) is 0.822. The first-order valence-electron chi connectivity index (χ1n) is 5.37. The summed E-state index contributed by atoms with van der Waals surface area (Å²) in [4.78, 5) is 26.2. The first-order valence-corrected chi connectivity index (χ1v) is 5.37. The third-order valence-electron chi connectivity index (χ3n) is 2.04. The van der Waals surface area contributed by atoms with Crippen LogP contribution in [0.5, 0.6) is 0 Å². The molecule has 2 amide bonds. The fourth-order valence-electron chi connectivity index (χ4n) is 1.20. The van der Waals surface area contributed by atoms with Crippen LogP contribution in [0.15, 0.2) is 29.7 Å². The summed E-state index contributed by atoms with van der Waals surface area (Å²) in [6.07, 6.45) is 4.43. The summed E-state index contributed by atoms with van der Waals surface area (Å²) >= 11 is 0. The Morgan fingerprint density at radius 3 is 2.83 bits per heavy atom. The van der Waals surface area contributed by atoms with Gasteiger partial charge in [-0.05, 0) is 18.6 Å². The standard InChI is InChI=1S/C11H14N4O3/c16-10(8-15-18)13-5-2-6-14-11(17)9-3-1-4-12-7-9/h1,3-4,7-8,18H,2,5-6H2,(H,13,16)(H,14,17)/b15-8+. The molecule has 0 aliphatic heterocycles. The van der Waals surface area contributed by atoms with Gasteiger partial charge < -0.3 is 15.8 Å². The lowest BCUT2D eigenvalue weighted by Gasteiger charge is -2.05. The van der Waals surface area contributed by atoms with Crippen molar-refractivity contribution in [1.82, 2.24) is 15.6 Å². The van der Waals surface area contributed by atoms with E-state index in [4.69, 9.17) is 5.21 Å².